The van der Waals surface area contributed by atoms with Crippen molar-refractivity contribution in [3.8, 4) is 0 Å². The van der Waals surface area contributed by atoms with E-state index in [0.29, 0.717) is 18.5 Å². The van der Waals surface area contributed by atoms with Gasteiger partial charge in [0.25, 0.3) is 0 Å². The molecule has 0 unspecified atom stereocenters. The summed E-state index contributed by atoms with van der Waals surface area (Å²) in [7, 11) is 2.00. The molecule has 2 aliphatic rings. The van der Waals surface area contributed by atoms with Crippen LogP contribution >= 0.6 is 0 Å². The van der Waals surface area contributed by atoms with Gasteiger partial charge in [0.15, 0.2) is 0 Å². The molecule has 6 nitrogen and oxygen atoms in total. The van der Waals surface area contributed by atoms with Crippen LogP contribution in [0, 0.1) is 5.92 Å². The van der Waals surface area contributed by atoms with Gasteiger partial charge in [-0.05, 0) is 64.5 Å². The molecule has 1 aliphatic carbocycles. The fourth-order valence-corrected chi connectivity index (χ4v) is 4.31. The Morgan fingerprint density at radius 2 is 1.88 bits per heavy atom. The number of aryl methyl sites for hydroxylation is 1. The smallest absolute Gasteiger partial charge is 0.236 e. The summed E-state index contributed by atoms with van der Waals surface area (Å²) in [5.74, 6) is 2.70. The molecule has 140 valence electrons. The lowest BCUT2D eigenvalue weighted by Crippen LogP contribution is -2.46. The van der Waals surface area contributed by atoms with E-state index >= 15 is 0 Å². The SMILES string of the molecule is CCn1cnnc1C1CCN(CC(=O)N(C)C2CCC(C)CC2)CC1. The summed E-state index contributed by atoms with van der Waals surface area (Å²) in [5, 5.41) is 8.37. The molecule has 1 saturated heterocycles. The summed E-state index contributed by atoms with van der Waals surface area (Å²) >= 11 is 0. The van der Waals surface area contributed by atoms with Crippen LogP contribution in [0.1, 0.15) is 64.1 Å². The molecule has 3 rings (SSSR count). The number of rotatable bonds is 5. The summed E-state index contributed by atoms with van der Waals surface area (Å²) in [4.78, 5) is 17.0. The van der Waals surface area contributed by atoms with Crippen molar-refractivity contribution in [3.63, 3.8) is 0 Å². The van der Waals surface area contributed by atoms with Gasteiger partial charge in [0, 0.05) is 25.6 Å². The van der Waals surface area contributed by atoms with Crippen LogP contribution in [0.25, 0.3) is 0 Å². The van der Waals surface area contributed by atoms with Crippen molar-refractivity contribution < 1.29 is 4.79 Å². The number of hydrogen-bond donors (Lipinski definition) is 0. The molecule has 0 aromatic carbocycles. The lowest BCUT2D eigenvalue weighted by Gasteiger charge is -2.36. The Hall–Kier alpha value is -1.43. The van der Waals surface area contributed by atoms with E-state index in [9.17, 15) is 4.79 Å². The third-order valence-electron chi connectivity index (χ3n) is 6.22. The molecule has 1 aromatic rings. The van der Waals surface area contributed by atoms with Gasteiger partial charge in [0.1, 0.15) is 12.2 Å². The highest BCUT2D eigenvalue weighted by Gasteiger charge is 2.28. The monoisotopic (exact) mass is 347 g/mol. The van der Waals surface area contributed by atoms with Crippen molar-refractivity contribution in [3.05, 3.63) is 12.2 Å². The molecular weight excluding hydrogens is 314 g/mol. The largest absolute Gasteiger partial charge is 0.342 e. The molecule has 1 amide bonds. The fourth-order valence-electron chi connectivity index (χ4n) is 4.31. The second-order valence-electron chi connectivity index (χ2n) is 7.94. The molecule has 0 N–H and O–H groups in total. The van der Waals surface area contributed by atoms with E-state index in [-0.39, 0.29) is 5.91 Å². The second-order valence-corrected chi connectivity index (χ2v) is 7.94. The first-order valence-electron chi connectivity index (χ1n) is 9.94. The number of likely N-dealkylation sites (N-methyl/N-ethyl adjacent to an activating group) is 1. The Morgan fingerprint density at radius 1 is 1.20 bits per heavy atom. The molecule has 0 bridgehead atoms. The summed E-state index contributed by atoms with van der Waals surface area (Å²) in [6.07, 6.45) is 8.80. The molecule has 6 heteroatoms. The van der Waals surface area contributed by atoms with Crippen molar-refractivity contribution in [1.29, 1.82) is 0 Å². The lowest BCUT2D eigenvalue weighted by molar-refractivity contribution is -0.134. The van der Waals surface area contributed by atoms with E-state index in [0.717, 1.165) is 57.1 Å². The average Bonchev–Trinajstić information content (AvgIpc) is 3.11. The number of hydrogen-bond acceptors (Lipinski definition) is 4. The summed E-state index contributed by atoms with van der Waals surface area (Å²) in [5.41, 5.74) is 0. The minimum absolute atomic E-state index is 0.287. The predicted octanol–water partition coefficient (Wildman–Crippen LogP) is 2.51. The molecular formula is C19H33N5O. The first-order valence-corrected chi connectivity index (χ1v) is 9.94. The van der Waals surface area contributed by atoms with Gasteiger partial charge in [-0.2, -0.15) is 0 Å². The number of likely N-dealkylation sites (tertiary alicyclic amines) is 1. The molecule has 1 aromatic heterocycles. The Morgan fingerprint density at radius 3 is 2.52 bits per heavy atom. The number of nitrogens with zero attached hydrogens (tertiary/aromatic N) is 5. The number of piperidine rings is 1. The Balaban J connectivity index is 1.46. The Bertz CT molecular complexity index is 556. The quantitative estimate of drug-likeness (QED) is 0.821. The summed E-state index contributed by atoms with van der Waals surface area (Å²) in [6, 6.07) is 0.448. The van der Waals surface area contributed by atoms with Crippen LogP contribution in [-0.2, 0) is 11.3 Å². The van der Waals surface area contributed by atoms with E-state index in [1.165, 1.54) is 12.8 Å². The lowest BCUT2D eigenvalue weighted by atomic mass is 9.87. The van der Waals surface area contributed by atoms with Crippen LogP contribution in [0.3, 0.4) is 0 Å². The van der Waals surface area contributed by atoms with Crippen LogP contribution in [0.2, 0.25) is 0 Å². The van der Waals surface area contributed by atoms with E-state index in [2.05, 4.69) is 33.5 Å². The van der Waals surface area contributed by atoms with E-state index in [1.807, 2.05) is 18.3 Å². The summed E-state index contributed by atoms with van der Waals surface area (Å²) in [6.45, 7) is 7.89. The van der Waals surface area contributed by atoms with Crippen LogP contribution in [0.5, 0.6) is 0 Å². The minimum Gasteiger partial charge on any atom is -0.342 e. The fraction of sp³-hybridized carbons (Fsp3) is 0.842. The summed E-state index contributed by atoms with van der Waals surface area (Å²) < 4.78 is 2.14. The van der Waals surface area contributed by atoms with E-state index in [4.69, 9.17) is 0 Å². The average molecular weight is 348 g/mol. The van der Waals surface area contributed by atoms with Crippen LogP contribution in [0.4, 0.5) is 0 Å². The van der Waals surface area contributed by atoms with Crippen LogP contribution < -0.4 is 0 Å². The highest BCUT2D eigenvalue weighted by Crippen LogP contribution is 2.28. The van der Waals surface area contributed by atoms with Gasteiger partial charge < -0.3 is 9.47 Å². The standard InChI is InChI=1S/C19H33N5O/c1-4-24-14-20-21-19(24)16-9-11-23(12-10-16)13-18(25)22(3)17-7-5-15(2)6-8-17/h14-17H,4-13H2,1-3H3. The normalized spacial score (nSPS) is 25.9. The van der Waals surface area contributed by atoms with Gasteiger partial charge in [0.2, 0.25) is 5.91 Å². The molecule has 25 heavy (non-hydrogen) atoms. The first-order chi connectivity index (χ1) is 12.1. The van der Waals surface area contributed by atoms with Crippen molar-refractivity contribution in [1.82, 2.24) is 24.6 Å². The zero-order valence-corrected chi connectivity index (χ0v) is 16.0. The third kappa shape index (κ3) is 4.40. The van der Waals surface area contributed by atoms with Crippen molar-refractivity contribution in [2.45, 2.75) is 70.9 Å². The number of carbonyl (C=O) groups is 1. The maximum absolute atomic E-state index is 12.7. The van der Waals surface area contributed by atoms with Gasteiger partial charge in [0.05, 0.1) is 6.54 Å². The van der Waals surface area contributed by atoms with Gasteiger partial charge >= 0.3 is 0 Å². The molecule has 2 fully saturated rings. The molecule has 0 radical (unpaired) electrons. The van der Waals surface area contributed by atoms with Crippen LogP contribution in [-0.4, -0.2) is 63.2 Å². The topological polar surface area (TPSA) is 54.3 Å². The first kappa shape index (κ1) is 18.4. The molecule has 0 atom stereocenters. The molecule has 0 spiro atoms. The second kappa shape index (κ2) is 8.30. The maximum Gasteiger partial charge on any atom is 0.236 e. The zero-order valence-electron chi connectivity index (χ0n) is 16.0. The number of aromatic nitrogens is 3. The van der Waals surface area contributed by atoms with Gasteiger partial charge in [-0.25, -0.2) is 0 Å². The third-order valence-corrected chi connectivity index (χ3v) is 6.22. The van der Waals surface area contributed by atoms with Gasteiger partial charge in [-0.1, -0.05) is 6.92 Å². The van der Waals surface area contributed by atoms with Gasteiger partial charge in [-0.15, -0.1) is 10.2 Å². The molecule has 1 saturated carbocycles. The van der Waals surface area contributed by atoms with Crippen molar-refractivity contribution >= 4 is 5.91 Å². The number of amides is 1. The van der Waals surface area contributed by atoms with Crippen molar-refractivity contribution in [2.24, 2.45) is 5.92 Å². The zero-order chi connectivity index (χ0) is 17.8. The van der Waals surface area contributed by atoms with Crippen molar-refractivity contribution in [2.75, 3.05) is 26.7 Å². The number of carbonyl (C=O) groups excluding carboxylic acids is 1. The predicted molar refractivity (Wildman–Crippen MR) is 98.3 cm³/mol. The highest BCUT2D eigenvalue weighted by molar-refractivity contribution is 5.78. The highest BCUT2D eigenvalue weighted by atomic mass is 16.2. The molecule has 2 heterocycles. The van der Waals surface area contributed by atoms with E-state index in [1.54, 1.807) is 0 Å². The Labute approximate surface area is 151 Å². The molecule has 1 aliphatic heterocycles. The maximum atomic E-state index is 12.7. The van der Waals surface area contributed by atoms with E-state index < -0.39 is 0 Å². The Kier molecular flexibility index (Phi) is 6.10. The minimum atomic E-state index is 0.287. The van der Waals surface area contributed by atoms with Gasteiger partial charge in [-0.3, -0.25) is 9.69 Å². The van der Waals surface area contributed by atoms with Crippen LogP contribution in [0.15, 0.2) is 6.33 Å².